The van der Waals surface area contributed by atoms with Crippen LogP contribution in [0.1, 0.15) is 24.3 Å². The van der Waals surface area contributed by atoms with Gasteiger partial charge in [0.1, 0.15) is 5.76 Å². The van der Waals surface area contributed by atoms with E-state index in [1.54, 1.807) is 18.4 Å². The molecule has 0 spiro atoms. The van der Waals surface area contributed by atoms with Gasteiger partial charge in [0.2, 0.25) is 12.7 Å². The molecule has 1 N–H and O–H groups in total. The van der Waals surface area contributed by atoms with Gasteiger partial charge in [0.05, 0.1) is 12.3 Å². The van der Waals surface area contributed by atoms with E-state index in [4.69, 9.17) is 13.9 Å². The SMILES string of the molecule is C[C@H](NC(=O)/C=C/c1ccc2c(c1)OCO2)c1ccco1. The molecule has 1 amide bonds. The standard InChI is InChI=1S/C16H15NO4/c1-11(13-3-2-8-19-13)17-16(18)7-5-12-4-6-14-15(9-12)21-10-20-14/h2-9,11H,10H2,1H3,(H,17,18)/b7-5+/t11-/m0/s1. The van der Waals surface area contributed by atoms with E-state index in [9.17, 15) is 4.79 Å². The van der Waals surface area contributed by atoms with Gasteiger partial charge in [-0.3, -0.25) is 4.79 Å². The van der Waals surface area contributed by atoms with E-state index >= 15 is 0 Å². The Bertz CT molecular complexity index is 661. The monoisotopic (exact) mass is 285 g/mol. The van der Waals surface area contributed by atoms with E-state index in [0.29, 0.717) is 5.75 Å². The Morgan fingerprint density at radius 3 is 2.95 bits per heavy atom. The Hall–Kier alpha value is -2.69. The Labute approximate surface area is 122 Å². The lowest BCUT2D eigenvalue weighted by Crippen LogP contribution is -2.24. The van der Waals surface area contributed by atoms with E-state index in [1.165, 1.54) is 6.08 Å². The lowest BCUT2D eigenvalue weighted by atomic mass is 10.2. The topological polar surface area (TPSA) is 60.7 Å². The highest BCUT2D eigenvalue weighted by atomic mass is 16.7. The number of carbonyl (C=O) groups is 1. The minimum atomic E-state index is -0.184. The molecule has 1 atom stereocenters. The second-order valence-electron chi connectivity index (χ2n) is 4.69. The Morgan fingerprint density at radius 1 is 1.29 bits per heavy atom. The molecule has 0 saturated heterocycles. The molecule has 0 saturated carbocycles. The molecule has 2 heterocycles. The predicted octanol–water partition coefficient (Wildman–Crippen LogP) is 2.90. The van der Waals surface area contributed by atoms with Gasteiger partial charge in [0, 0.05) is 6.08 Å². The third kappa shape index (κ3) is 3.08. The maximum absolute atomic E-state index is 11.9. The number of furan rings is 1. The second kappa shape index (κ2) is 5.75. The van der Waals surface area contributed by atoms with Crippen molar-refractivity contribution >= 4 is 12.0 Å². The number of carbonyl (C=O) groups excluding carboxylic acids is 1. The van der Waals surface area contributed by atoms with Crippen LogP contribution in [-0.2, 0) is 4.79 Å². The highest BCUT2D eigenvalue weighted by molar-refractivity contribution is 5.92. The number of amides is 1. The number of ether oxygens (including phenoxy) is 2. The highest BCUT2D eigenvalue weighted by Crippen LogP contribution is 2.32. The summed E-state index contributed by atoms with van der Waals surface area (Å²) in [5, 5.41) is 2.83. The predicted molar refractivity (Wildman–Crippen MR) is 76.9 cm³/mol. The molecular formula is C16H15NO4. The maximum Gasteiger partial charge on any atom is 0.244 e. The first-order valence-electron chi connectivity index (χ1n) is 6.64. The molecule has 0 aliphatic carbocycles. The molecule has 1 aliphatic heterocycles. The fraction of sp³-hybridized carbons (Fsp3) is 0.188. The number of fused-ring (bicyclic) bond motifs is 1. The van der Waals surface area contributed by atoms with Crippen molar-refractivity contribution in [3.05, 3.63) is 54.0 Å². The molecule has 21 heavy (non-hydrogen) atoms. The van der Waals surface area contributed by atoms with E-state index < -0.39 is 0 Å². The van der Waals surface area contributed by atoms with Crippen molar-refractivity contribution in [2.24, 2.45) is 0 Å². The molecule has 1 aromatic carbocycles. The molecule has 5 nitrogen and oxygen atoms in total. The average molecular weight is 285 g/mol. The lowest BCUT2D eigenvalue weighted by Gasteiger charge is -2.08. The summed E-state index contributed by atoms with van der Waals surface area (Å²) >= 11 is 0. The maximum atomic E-state index is 11.9. The number of benzene rings is 1. The summed E-state index contributed by atoms with van der Waals surface area (Å²) in [5.74, 6) is 1.96. The van der Waals surface area contributed by atoms with Crippen molar-refractivity contribution in [3.8, 4) is 11.5 Å². The molecule has 0 fully saturated rings. The third-order valence-electron chi connectivity index (χ3n) is 3.15. The minimum Gasteiger partial charge on any atom is -0.467 e. The largest absolute Gasteiger partial charge is 0.467 e. The van der Waals surface area contributed by atoms with Gasteiger partial charge in [-0.1, -0.05) is 6.07 Å². The molecule has 0 unspecified atom stereocenters. The van der Waals surface area contributed by atoms with Crippen LogP contribution in [0.25, 0.3) is 6.08 Å². The van der Waals surface area contributed by atoms with Crippen LogP contribution in [0.4, 0.5) is 0 Å². The van der Waals surface area contributed by atoms with Gasteiger partial charge in [-0.05, 0) is 42.8 Å². The van der Waals surface area contributed by atoms with E-state index in [2.05, 4.69) is 5.32 Å². The average Bonchev–Trinajstić information content (AvgIpc) is 3.15. The van der Waals surface area contributed by atoms with Crippen LogP contribution in [0, 0.1) is 0 Å². The quantitative estimate of drug-likeness (QED) is 0.877. The van der Waals surface area contributed by atoms with E-state index in [0.717, 1.165) is 17.1 Å². The summed E-state index contributed by atoms with van der Waals surface area (Å²) in [6.45, 7) is 2.11. The fourth-order valence-electron chi connectivity index (χ4n) is 2.06. The summed E-state index contributed by atoms with van der Waals surface area (Å²) in [6.07, 6.45) is 4.80. The van der Waals surface area contributed by atoms with Gasteiger partial charge in [-0.25, -0.2) is 0 Å². The molecule has 1 aliphatic rings. The van der Waals surface area contributed by atoms with Crippen molar-refractivity contribution < 1.29 is 18.7 Å². The zero-order valence-electron chi connectivity index (χ0n) is 11.5. The van der Waals surface area contributed by atoms with Gasteiger partial charge in [0.25, 0.3) is 0 Å². The summed E-state index contributed by atoms with van der Waals surface area (Å²) < 4.78 is 15.8. The first kappa shape index (κ1) is 13.3. The number of rotatable bonds is 4. The van der Waals surface area contributed by atoms with Gasteiger partial charge in [-0.2, -0.15) is 0 Å². The number of nitrogens with one attached hydrogen (secondary N) is 1. The Morgan fingerprint density at radius 2 is 2.14 bits per heavy atom. The van der Waals surface area contributed by atoms with Crippen LogP contribution < -0.4 is 14.8 Å². The first-order valence-corrected chi connectivity index (χ1v) is 6.64. The van der Waals surface area contributed by atoms with Crippen LogP contribution in [0.15, 0.2) is 47.1 Å². The van der Waals surface area contributed by atoms with Crippen molar-refractivity contribution in [1.29, 1.82) is 0 Å². The third-order valence-corrected chi connectivity index (χ3v) is 3.15. The molecule has 0 bridgehead atoms. The smallest absolute Gasteiger partial charge is 0.244 e. The summed E-state index contributed by atoms with van der Waals surface area (Å²) in [7, 11) is 0. The van der Waals surface area contributed by atoms with Crippen molar-refractivity contribution in [3.63, 3.8) is 0 Å². The normalized spacial score (nSPS) is 14.3. The van der Waals surface area contributed by atoms with Gasteiger partial charge < -0.3 is 19.2 Å². The zero-order chi connectivity index (χ0) is 14.7. The fourth-order valence-corrected chi connectivity index (χ4v) is 2.06. The van der Waals surface area contributed by atoms with E-state index in [1.807, 2.05) is 31.2 Å². The number of hydrogen-bond acceptors (Lipinski definition) is 4. The lowest BCUT2D eigenvalue weighted by molar-refractivity contribution is -0.117. The van der Waals surface area contributed by atoms with Crippen LogP contribution in [-0.4, -0.2) is 12.7 Å². The molecule has 108 valence electrons. The second-order valence-corrected chi connectivity index (χ2v) is 4.69. The molecule has 2 aromatic rings. The highest BCUT2D eigenvalue weighted by Gasteiger charge is 2.13. The molecule has 5 heteroatoms. The van der Waals surface area contributed by atoms with Gasteiger partial charge in [0.15, 0.2) is 11.5 Å². The summed E-state index contributed by atoms with van der Waals surface area (Å²) in [5.41, 5.74) is 0.875. The molecular weight excluding hydrogens is 270 g/mol. The van der Waals surface area contributed by atoms with Crippen molar-refractivity contribution in [2.45, 2.75) is 13.0 Å². The Balaban J connectivity index is 1.62. The Kier molecular flexibility index (Phi) is 3.64. The van der Waals surface area contributed by atoms with Crippen LogP contribution in [0.5, 0.6) is 11.5 Å². The molecule has 0 radical (unpaired) electrons. The summed E-state index contributed by atoms with van der Waals surface area (Å²) in [6, 6.07) is 8.97. The van der Waals surface area contributed by atoms with Crippen molar-refractivity contribution in [1.82, 2.24) is 5.32 Å². The van der Waals surface area contributed by atoms with Crippen LogP contribution in [0.3, 0.4) is 0 Å². The molecule has 1 aromatic heterocycles. The first-order chi connectivity index (χ1) is 10.2. The van der Waals surface area contributed by atoms with Crippen LogP contribution >= 0.6 is 0 Å². The van der Waals surface area contributed by atoms with E-state index in [-0.39, 0.29) is 18.7 Å². The number of hydrogen-bond donors (Lipinski definition) is 1. The molecule has 3 rings (SSSR count). The summed E-state index contributed by atoms with van der Waals surface area (Å²) in [4.78, 5) is 11.9. The van der Waals surface area contributed by atoms with Crippen molar-refractivity contribution in [2.75, 3.05) is 6.79 Å². The van der Waals surface area contributed by atoms with Crippen LogP contribution in [0.2, 0.25) is 0 Å². The zero-order valence-corrected chi connectivity index (χ0v) is 11.5. The minimum absolute atomic E-state index is 0.172. The van der Waals surface area contributed by atoms with Gasteiger partial charge >= 0.3 is 0 Å². The van der Waals surface area contributed by atoms with Gasteiger partial charge in [-0.15, -0.1) is 0 Å².